The van der Waals surface area contributed by atoms with E-state index in [1.807, 2.05) is 31.2 Å². The number of benzene rings is 3. The third-order valence-electron chi connectivity index (χ3n) is 7.11. The lowest BCUT2D eigenvalue weighted by Crippen LogP contribution is -2.48. The standard InChI is InChI=1S/C30H36N2O3/c1-6-26(31-30(33)22-13-11-20(2)12-14-22)29-25-18-28(35-5)27(34-4)17-23(25)15-16-32(29)19-24-10-8-7-9-21(24)3/h7-14,17-18,26,29H,6,15-16,19H2,1-5H3,(H,31,33). The van der Waals surface area contributed by atoms with Gasteiger partial charge in [-0.05, 0) is 73.2 Å². The van der Waals surface area contributed by atoms with E-state index in [-0.39, 0.29) is 18.0 Å². The molecule has 1 aliphatic heterocycles. The molecular formula is C30H36N2O3. The summed E-state index contributed by atoms with van der Waals surface area (Å²) in [5.41, 5.74) is 6.85. The topological polar surface area (TPSA) is 50.8 Å². The molecule has 3 aromatic carbocycles. The Morgan fingerprint density at radius 2 is 1.71 bits per heavy atom. The molecule has 5 heteroatoms. The van der Waals surface area contributed by atoms with Crippen molar-refractivity contribution in [1.82, 2.24) is 10.2 Å². The third-order valence-corrected chi connectivity index (χ3v) is 7.11. The molecule has 1 amide bonds. The summed E-state index contributed by atoms with van der Waals surface area (Å²) in [6.45, 7) is 8.05. The molecule has 1 heterocycles. The highest BCUT2D eigenvalue weighted by Gasteiger charge is 2.35. The molecule has 0 radical (unpaired) electrons. The Morgan fingerprint density at radius 1 is 1.03 bits per heavy atom. The molecule has 0 saturated heterocycles. The summed E-state index contributed by atoms with van der Waals surface area (Å²) in [7, 11) is 3.34. The van der Waals surface area contributed by atoms with Crippen LogP contribution < -0.4 is 14.8 Å². The number of fused-ring (bicyclic) bond motifs is 1. The van der Waals surface area contributed by atoms with Crippen LogP contribution >= 0.6 is 0 Å². The average molecular weight is 473 g/mol. The number of rotatable bonds is 8. The minimum atomic E-state index is -0.0648. The number of nitrogens with zero attached hydrogens (tertiary/aromatic N) is 1. The maximum atomic E-state index is 13.2. The van der Waals surface area contributed by atoms with Gasteiger partial charge in [0.2, 0.25) is 0 Å². The van der Waals surface area contributed by atoms with Gasteiger partial charge in [-0.3, -0.25) is 9.69 Å². The molecule has 5 nitrogen and oxygen atoms in total. The Kier molecular flexibility index (Phi) is 7.76. The molecule has 3 aromatic rings. The normalized spacial score (nSPS) is 16.3. The van der Waals surface area contributed by atoms with E-state index in [0.717, 1.165) is 37.2 Å². The van der Waals surface area contributed by atoms with Gasteiger partial charge in [0.15, 0.2) is 11.5 Å². The van der Waals surface area contributed by atoms with Crippen molar-refractivity contribution in [3.05, 3.63) is 94.0 Å². The predicted molar refractivity (Wildman–Crippen MR) is 140 cm³/mol. The highest BCUT2D eigenvalue weighted by Crippen LogP contribution is 2.40. The predicted octanol–water partition coefficient (Wildman–Crippen LogP) is 5.63. The van der Waals surface area contributed by atoms with Gasteiger partial charge in [-0.1, -0.05) is 48.9 Å². The van der Waals surface area contributed by atoms with Gasteiger partial charge in [0.05, 0.1) is 20.3 Å². The third kappa shape index (κ3) is 5.35. The van der Waals surface area contributed by atoms with Crippen molar-refractivity contribution >= 4 is 5.91 Å². The maximum Gasteiger partial charge on any atom is 0.251 e. The SMILES string of the molecule is CCC(NC(=O)c1ccc(C)cc1)C1c2cc(OC)c(OC)cc2CCN1Cc1ccccc1C. The molecule has 1 aliphatic rings. The molecule has 0 bridgehead atoms. The second-order valence-electron chi connectivity index (χ2n) is 9.35. The van der Waals surface area contributed by atoms with Gasteiger partial charge in [0.25, 0.3) is 5.91 Å². The van der Waals surface area contributed by atoms with Crippen LogP contribution in [0.1, 0.15) is 57.6 Å². The molecule has 1 N–H and O–H groups in total. The lowest BCUT2D eigenvalue weighted by Gasteiger charge is -2.42. The molecule has 0 fully saturated rings. The van der Waals surface area contributed by atoms with Gasteiger partial charge in [0.1, 0.15) is 0 Å². The van der Waals surface area contributed by atoms with E-state index in [1.165, 1.54) is 22.3 Å². The zero-order chi connectivity index (χ0) is 24.9. The van der Waals surface area contributed by atoms with E-state index < -0.39 is 0 Å². The summed E-state index contributed by atoms with van der Waals surface area (Å²) < 4.78 is 11.3. The van der Waals surface area contributed by atoms with Crippen molar-refractivity contribution in [2.45, 2.75) is 52.2 Å². The van der Waals surface area contributed by atoms with Crippen LogP contribution in [0, 0.1) is 13.8 Å². The molecule has 184 valence electrons. The fraction of sp³-hybridized carbons (Fsp3) is 0.367. The van der Waals surface area contributed by atoms with Crippen LogP contribution in [0.5, 0.6) is 11.5 Å². The van der Waals surface area contributed by atoms with Crippen molar-refractivity contribution in [2.24, 2.45) is 0 Å². The first-order valence-corrected chi connectivity index (χ1v) is 12.4. The molecule has 2 atom stereocenters. The number of aryl methyl sites for hydroxylation is 2. The minimum absolute atomic E-state index is 0.0116. The van der Waals surface area contributed by atoms with E-state index in [1.54, 1.807) is 14.2 Å². The van der Waals surface area contributed by atoms with Crippen LogP contribution in [-0.4, -0.2) is 37.6 Å². The van der Waals surface area contributed by atoms with Gasteiger partial charge in [-0.2, -0.15) is 0 Å². The second-order valence-corrected chi connectivity index (χ2v) is 9.35. The highest BCUT2D eigenvalue weighted by molar-refractivity contribution is 5.94. The fourth-order valence-corrected chi connectivity index (χ4v) is 5.04. The number of hydrogen-bond donors (Lipinski definition) is 1. The summed E-state index contributed by atoms with van der Waals surface area (Å²) in [4.78, 5) is 15.7. The molecule has 0 aliphatic carbocycles. The summed E-state index contributed by atoms with van der Waals surface area (Å²) in [6.07, 6.45) is 1.72. The van der Waals surface area contributed by atoms with Crippen molar-refractivity contribution < 1.29 is 14.3 Å². The van der Waals surface area contributed by atoms with Crippen molar-refractivity contribution in [2.75, 3.05) is 20.8 Å². The van der Waals surface area contributed by atoms with Gasteiger partial charge in [-0.15, -0.1) is 0 Å². The van der Waals surface area contributed by atoms with Crippen LogP contribution in [0.25, 0.3) is 0 Å². The van der Waals surface area contributed by atoms with Crippen LogP contribution in [0.15, 0.2) is 60.7 Å². The quantitative estimate of drug-likeness (QED) is 0.462. The first-order chi connectivity index (χ1) is 16.9. The number of carbonyl (C=O) groups excluding carboxylic acids is 1. The van der Waals surface area contributed by atoms with E-state index in [2.05, 4.69) is 60.5 Å². The maximum absolute atomic E-state index is 13.2. The fourth-order valence-electron chi connectivity index (χ4n) is 5.04. The van der Waals surface area contributed by atoms with Gasteiger partial charge >= 0.3 is 0 Å². The first kappa shape index (κ1) is 24.8. The van der Waals surface area contributed by atoms with E-state index in [9.17, 15) is 4.79 Å². The number of ether oxygens (including phenoxy) is 2. The molecular weight excluding hydrogens is 436 g/mol. The van der Waals surface area contributed by atoms with Gasteiger partial charge in [0, 0.05) is 24.7 Å². The van der Waals surface area contributed by atoms with Crippen molar-refractivity contribution in [3.8, 4) is 11.5 Å². The Balaban J connectivity index is 1.73. The number of nitrogens with one attached hydrogen (secondary N) is 1. The summed E-state index contributed by atoms with van der Waals surface area (Å²) in [5, 5.41) is 3.36. The lowest BCUT2D eigenvalue weighted by molar-refractivity contribution is 0.0858. The zero-order valence-corrected chi connectivity index (χ0v) is 21.4. The summed E-state index contributed by atoms with van der Waals surface area (Å²) in [5.74, 6) is 1.42. The molecule has 0 aromatic heterocycles. The summed E-state index contributed by atoms with van der Waals surface area (Å²) >= 11 is 0. The molecule has 2 unspecified atom stereocenters. The first-order valence-electron chi connectivity index (χ1n) is 12.4. The van der Waals surface area contributed by atoms with Crippen molar-refractivity contribution in [3.63, 3.8) is 0 Å². The zero-order valence-electron chi connectivity index (χ0n) is 21.4. The minimum Gasteiger partial charge on any atom is -0.493 e. The van der Waals surface area contributed by atoms with Crippen LogP contribution in [0.2, 0.25) is 0 Å². The monoisotopic (exact) mass is 472 g/mol. The Hall–Kier alpha value is -3.31. The number of methoxy groups -OCH3 is 2. The van der Waals surface area contributed by atoms with Crippen LogP contribution in [-0.2, 0) is 13.0 Å². The van der Waals surface area contributed by atoms with Gasteiger partial charge in [-0.25, -0.2) is 0 Å². The smallest absolute Gasteiger partial charge is 0.251 e. The van der Waals surface area contributed by atoms with Crippen LogP contribution in [0.3, 0.4) is 0 Å². The molecule has 0 saturated carbocycles. The Bertz CT molecular complexity index is 1170. The van der Waals surface area contributed by atoms with E-state index >= 15 is 0 Å². The number of hydrogen-bond acceptors (Lipinski definition) is 4. The molecule has 0 spiro atoms. The highest BCUT2D eigenvalue weighted by atomic mass is 16.5. The molecule has 4 rings (SSSR count). The average Bonchev–Trinajstić information content (AvgIpc) is 2.88. The van der Waals surface area contributed by atoms with Gasteiger partial charge < -0.3 is 14.8 Å². The van der Waals surface area contributed by atoms with E-state index in [0.29, 0.717) is 11.3 Å². The summed E-state index contributed by atoms with van der Waals surface area (Å²) in [6, 6.07) is 20.4. The lowest BCUT2D eigenvalue weighted by atomic mass is 9.86. The number of carbonyl (C=O) groups is 1. The van der Waals surface area contributed by atoms with Crippen molar-refractivity contribution in [1.29, 1.82) is 0 Å². The van der Waals surface area contributed by atoms with Crippen LogP contribution in [0.4, 0.5) is 0 Å². The second kappa shape index (κ2) is 11.0. The Labute approximate surface area is 209 Å². The largest absolute Gasteiger partial charge is 0.493 e. The Morgan fingerprint density at radius 3 is 2.37 bits per heavy atom. The van der Waals surface area contributed by atoms with E-state index in [4.69, 9.17) is 9.47 Å². The number of amides is 1. The molecule has 35 heavy (non-hydrogen) atoms.